The highest BCUT2D eigenvalue weighted by Crippen LogP contribution is 2.24. The lowest BCUT2D eigenvalue weighted by molar-refractivity contribution is -0.384. The molecule has 0 spiro atoms. The van der Waals surface area contributed by atoms with Crippen molar-refractivity contribution in [2.45, 2.75) is 18.6 Å². The Balaban J connectivity index is 2.23. The van der Waals surface area contributed by atoms with Crippen LogP contribution in [0, 0.1) is 10.1 Å². The number of carbonyl (C=O) groups is 1. The summed E-state index contributed by atoms with van der Waals surface area (Å²) in [5.74, 6) is -0.506. The summed E-state index contributed by atoms with van der Waals surface area (Å²) in [6, 6.07) is 3.62. The molecule has 1 atom stereocenters. The number of hydrogen-bond acceptors (Lipinski definition) is 5. The zero-order chi connectivity index (χ0) is 16.5. The van der Waals surface area contributed by atoms with Crippen molar-refractivity contribution in [2.24, 2.45) is 0 Å². The monoisotopic (exact) mass is 346 g/mol. The highest BCUT2D eigenvalue weighted by Gasteiger charge is 2.29. The molecule has 1 aliphatic heterocycles. The van der Waals surface area contributed by atoms with Crippen molar-refractivity contribution >= 4 is 33.0 Å². The Morgan fingerprint density at radius 1 is 1.41 bits per heavy atom. The van der Waals surface area contributed by atoms with Gasteiger partial charge in [-0.25, -0.2) is 8.42 Å². The molecule has 1 fully saturated rings. The summed E-state index contributed by atoms with van der Waals surface area (Å²) in [6.45, 7) is 2.04. The molecule has 0 aromatic heterocycles. The summed E-state index contributed by atoms with van der Waals surface area (Å²) in [4.78, 5) is 24.0. The van der Waals surface area contributed by atoms with Crippen LogP contribution >= 0.6 is 11.6 Å². The number of amides is 1. The molecule has 0 aliphatic carbocycles. The van der Waals surface area contributed by atoms with E-state index < -0.39 is 25.9 Å². The maximum absolute atomic E-state index is 12.4. The Morgan fingerprint density at radius 3 is 2.68 bits per heavy atom. The molecule has 1 amide bonds. The van der Waals surface area contributed by atoms with Crippen LogP contribution in [0.1, 0.15) is 23.7 Å². The summed E-state index contributed by atoms with van der Waals surface area (Å²) in [6.07, 6.45) is 0.360. The second-order valence-corrected chi connectivity index (χ2v) is 8.13. The average Bonchev–Trinajstić information content (AvgIpc) is 2.58. The lowest BCUT2D eigenvalue weighted by atomic mass is 10.1. The number of carbonyl (C=O) groups excluding carboxylic acids is 1. The standard InChI is InChI=1S/C13H15ClN2O5S/c1-9-4-5-15(6-7-22(9,20)21)13(17)11-3-2-10(16(18)19)8-12(11)14/h2-3,8-9H,4-7H2,1H3/t9-/m0/s1. The third-order valence-electron chi connectivity index (χ3n) is 3.75. The number of nitro benzene ring substituents is 1. The molecule has 0 bridgehead atoms. The number of sulfone groups is 1. The summed E-state index contributed by atoms with van der Waals surface area (Å²) in [5.41, 5.74) is -0.0622. The van der Waals surface area contributed by atoms with Gasteiger partial charge in [0.2, 0.25) is 0 Å². The first-order valence-corrected chi connectivity index (χ1v) is 8.76. The van der Waals surface area contributed by atoms with Crippen LogP contribution in [0.4, 0.5) is 5.69 Å². The molecule has 0 saturated carbocycles. The van der Waals surface area contributed by atoms with Gasteiger partial charge in [0, 0.05) is 25.2 Å². The maximum atomic E-state index is 12.4. The molecular formula is C13H15ClN2O5S. The summed E-state index contributed by atoms with van der Waals surface area (Å²) in [5, 5.41) is 10.2. The maximum Gasteiger partial charge on any atom is 0.270 e. The smallest absolute Gasteiger partial charge is 0.270 e. The normalized spacial score (nSPS) is 21.2. The Labute approximate surface area is 132 Å². The highest BCUT2D eigenvalue weighted by molar-refractivity contribution is 7.92. The number of non-ortho nitro benzene ring substituents is 1. The lowest BCUT2D eigenvalue weighted by Crippen LogP contribution is -2.33. The molecule has 0 unspecified atom stereocenters. The number of halogens is 1. The van der Waals surface area contributed by atoms with Crippen molar-refractivity contribution in [3.05, 3.63) is 38.9 Å². The number of nitrogens with zero attached hydrogens (tertiary/aromatic N) is 2. The Hall–Kier alpha value is -1.67. The molecule has 7 nitrogen and oxygen atoms in total. The van der Waals surface area contributed by atoms with Crippen LogP contribution in [0.15, 0.2) is 18.2 Å². The minimum absolute atomic E-state index is 0.0145. The van der Waals surface area contributed by atoms with E-state index in [9.17, 15) is 23.3 Å². The number of nitro groups is 1. The van der Waals surface area contributed by atoms with Crippen LogP contribution in [-0.4, -0.2) is 48.2 Å². The van der Waals surface area contributed by atoms with Gasteiger partial charge in [0.25, 0.3) is 11.6 Å². The predicted octanol–water partition coefficient (Wildman–Crippen LogP) is 1.90. The first-order chi connectivity index (χ1) is 10.2. The molecule has 0 radical (unpaired) electrons. The van der Waals surface area contributed by atoms with Gasteiger partial charge in [0.05, 0.1) is 26.5 Å². The lowest BCUT2D eigenvalue weighted by Gasteiger charge is -2.20. The van der Waals surface area contributed by atoms with E-state index in [0.29, 0.717) is 13.0 Å². The van der Waals surface area contributed by atoms with Crippen molar-refractivity contribution in [1.82, 2.24) is 4.90 Å². The largest absolute Gasteiger partial charge is 0.338 e. The van der Waals surface area contributed by atoms with E-state index in [-0.39, 0.29) is 28.6 Å². The first-order valence-electron chi connectivity index (χ1n) is 6.67. The van der Waals surface area contributed by atoms with Gasteiger partial charge in [-0.15, -0.1) is 0 Å². The Morgan fingerprint density at radius 2 is 2.09 bits per heavy atom. The number of hydrogen-bond donors (Lipinski definition) is 0. The zero-order valence-electron chi connectivity index (χ0n) is 11.9. The van der Waals surface area contributed by atoms with Gasteiger partial charge >= 0.3 is 0 Å². The fourth-order valence-electron chi connectivity index (χ4n) is 2.23. The topological polar surface area (TPSA) is 97.6 Å². The van der Waals surface area contributed by atoms with E-state index in [2.05, 4.69) is 0 Å². The number of benzene rings is 1. The molecule has 1 aromatic carbocycles. The fourth-order valence-corrected chi connectivity index (χ4v) is 3.83. The van der Waals surface area contributed by atoms with Gasteiger partial charge in [0.15, 0.2) is 9.84 Å². The minimum atomic E-state index is -3.19. The molecule has 1 heterocycles. The molecule has 0 N–H and O–H groups in total. The Bertz CT molecular complexity index is 719. The molecule has 1 aromatic rings. The molecule has 2 rings (SSSR count). The first kappa shape index (κ1) is 16.7. The molecule has 9 heteroatoms. The molecule has 1 aliphatic rings. The van der Waals surface area contributed by atoms with Gasteiger partial charge in [-0.2, -0.15) is 0 Å². The predicted molar refractivity (Wildman–Crippen MR) is 81.9 cm³/mol. The molecule has 1 saturated heterocycles. The van der Waals surface area contributed by atoms with Gasteiger partial charge in [0.1, 0.15) is 0 Å². The van der Waals surface area contributed by atoms with E-state index >= 15 is 0 Å². The second-order valence-electron chi connectivity index (χ2n) is 5.18. The van der Waals surface area contributed by atoms with Gasteiger partial charge < -0.3 is 4.90 Å². The van der Waals surface area contributed by atoms with Crippen molar-refractivity contribution in [2.75, 3.05) is 18.8 Å². The quantitative estimate of drug-likeness (QED) is 0.601. The van der Waals surface area contributed by atoms with Crippen LogP contribution in [-0.2, 0) is 9.84 Å². The zero-order valence-corrected chi connectivity index (χ0v) is 13.4. The van der Waals surface area contributed by atoms with Crippen molar-refractivity contribution in [3.8, 4) is 0 Å². The third kappa shape index (κ3) is 3.38. The van der Waals surface area contributed by atoms with E-state index in [4.69, 9.17) is 11.6 Å². The van der Waals surface area contributed by atoms with E-state index in [1.165, 1.54) is 17.0 Å². The summed E-state index contributed by atoms with van der Waals surface area (Å²) < 4.78 is 23.7. The van der Waals surface area contributed by atoms with Gasteiger partial charge in [-0.05, 0) is 19.4 Å². The van der Waals surface area contributed by atoms with E-state index in [1.54, 1.807) is 6.92 Å². The van der Waals surface area contributed by atoms with Crippen molar-refractivity contribution in [1.29, 1.82) is 0 Å². The van der Waals surface area contributed by atoms with Gasteiger partial charge in [-0.3, -0.25) is 14.9 Å². The molecule has 22 heavy (non-hydrogen) atoms. The Kier molecular flexibility index (Phi) is 4.72. The molecule has 120 valence electrons. The van der Waals surface area contributed by atoms with Crippen molar-refractivity contribution in [3.63, 3.8) is 0 Å². The number of rotatable bonds is 2. The molecular weight excluding hydrogens is 332 g/mol. The van der Waals surface area contributed by atoms with Crippen molar-refractivity contribution < 1.29 is 18.1 Å². The van der Waals surface area contributed by atoms with Gasteiger partial charge in [-0.1, -0.05) is 11.6 Å². The van der Waals surface area contributed by atoms with E-state index in [1.807, 2.05) is 0 Å². The van der Waals surface area contributed by atoms with Crippen LogP contribution in [0.25, 0.3) is 0 Å². The summed E-state index contributed by atoms with van der Waals surface area (Å²) >= 11 is 5.94. The van der Waals surface area contributed by atoms with Crippen LogP contribution < -0.4 is 0 Å². The SMILES string of the molecule is C[C@H]1CCN(C(=O)c2ccc([N+](=O)[O-])cc2Cl)CCS1(=O)=O. The summed E-state index contributed by atoms with van der Waals surface area (Å²) in [7, 11) is -3.19. The highest BCUT2D eigenvalue weighted by atomic mass is 35.5. The van der Waals surface area contributed by atoms with Crippen LogP contribution in [0.3, 0.4) is 0 Å². The average molecular weight is 347 g/mol. The van der Waals surface area contributed by atoms with Crippen LogP contribution in [0.5, 0.6) is 0 Å². The second kappa shape index (κ2) is 6.21. The van der Waals surface area contributed by atoms with E-state index in [0.717, 1.165) is 6.07 Å². The van der Waals surface area contributed by atoms with Crippen LogP contribution in [0.2, 0.25) is 5.02 Å². The third-order valence-corrected chi connectivity index (χ3v) is 6.27. The minimum Gasteiger partial charge on any atom is -0.338 e. The fraction of sp³-hybridized carbons (Fsp3) is 0.462.